The van der Waals surface area contributed by atoms with E-state index in [2.05, 4.69) is 10.1 Å². The first kappa shape index (κ1) is 13.0. The highest BCUT2D eigenvalue weighted by atomic mass is 16.6. The minimum Gasteiger partial charge on any atom is -0.478 e. The van der Waals surface area contributed by atoms with E-state index >= 15 is 0 Å². The Morgan fingerprint density at radius 2 is 2.32 bits per heavy atom. The minimum atomic E-state index is -0.518. The third-order valence-electron chi connectivity index (χ3n) is 2.38. The van der Waals surface area contributed by atoms with E-state index in [-0.39, 0.29) is 24.6 Å². The van der Waals surface area contributed by atoms with Gasteiger partial charge in [-0.1, -0.05) is 11.2 Å². The van der Waals surface area contributed by atoms with Gasteiger partial charge in [-0.25, -0.2) is 0 Å². The zero-order valence-corrected chi connectivity index (χ0v) is 10.2. The van der Waals surface area contributed by atoms with Gasteiger partial charge < -0.3 is 15.0 Å². The summed E-state index contributed by atoms with van der Waals surface area (Å²) < 4.78 is 10.1. The number of aromatic nitrogens is 2. The predicted molar refractivity (Wildman–Crippen MR) is 64.4 cm³/mol. The highest BCUT2D eigenvalue weighted by Crippen LogP contribution is 2.28. The van der Waals surface area contributed by atoms with Crippen molar-refractivity contribution >= 4 is 5.69 Å². The normalized spacial score (nSPS) is 10.4. The zero-order chi connectivity index (χ0) is 13.8. The van der Waals surface area contributed by atoms with Crippen LogP contribution in [0.5, 0.6) is 5.75 Å². The molecule has 1 heterocycles. The maximum atomic E-state index is 10.9. The Morgan fingerprint density at radius 3 is 2.89 bits per heavy atom. The summed E-state index contributed by atoms with van der Waals surface area (Å²) in [5.41, 5.74) is 5.97. The number of benzene rings is 1. The average molecular weight is 264 g/mol. The standard InChI is InChI=1S/C11H12N4O4/c1-7-13-11(14-19-7)6-18-10-3-2-8(5-12)4-9(10)15(16)17/h2-4H,5-6,12H2,1H3. The van der Waals surface area contributed by atoms with Crippen LogP contribution >= 0.6 is 0 Å². The molecule has 0 spiro atoms. The molecule has 19 heavy (non-hydrogen) atoms. The van der Waals surface area contributed by atoms with Crippen LogP contribution in [0.4, 0.5) is 5.69 Å². The fourth-order valence-corrected chi connectivity index (χ4v) is 1.50. The van der Waals surface area contributed by atoms with Crippen LogP contribution in [0.25, 0.3) is 0 Å². The maximum absolute atomic E-state index is 10.9. The van der Waals surface area contributed by atoms with Crippen molar-refractivity contribution in [1.82, 2.24) is 10.1 Å². The molecule has 0 aliphatic rings. The van der Waals surface area contributed by atoms with E-state index in [0.29, 0.717) is 17.3 Å². The molecule has 0 bridgehead atoms. The first-order chi connectivity index (χ1) is 9.10. The molecule has 2 N–H and O–H groups in total. The summed E-state index contributed by atoms with van der Waals surface area (Å²) in [4.78, 5) is 14.4. The fourth-order valence-electron chi connectivity index (χ4n) is 1.50. The third kappa shape index (κ3) is 3.05. The monoisotopic (exact) mass is 264 g/mol. The average Bonchev–Trinajstić information content (AvgIpc) is 2.82. The van der Waals surface area contributed by atoms with Crippen molar-refractivity contribution in [3.8, 4) is 5.75 Å². The van der Waals surface area contributed by atoms with Crippen LogP contribution in [0, 0.1) is 17.0 Å². The molecular formula is C11H12N4O4. The van der Waals surface area contributed by atoms with Gasteiger partial charge in [0.05, 0.1) is 4.92 Å². The molecule has 0 atom stereocenters. The van der Waals surface area contributed by atoms with Crippen molar-refractivity contribution in [2.45, 2.75) is 20.1 Å². The lowest BCUT2D eigenvalue weighted by atomic mass is 10.2. The third-order valence-corrected chi connectivity index (χ3v) is 2.38. The topological polar surface area (TPSA) is 117 Å². The van der Waals surface area contributed by atoms with Crippen LogP contribution in [0.3, 0.4) is 0 Å². The first-order valence-corrected chi connectivity index (χ1v) is 5.49. The summed E-state index contributed by atoms with van der Waals surface area (Å²) in [5.74, 6) is 0.880. The Bertz CT molecular complexity index is 596. The van der Waals surface area contributed by atoms with Gasteiger partial charge in [-0.05, 0) is 11.6 Å². The van der Waals surface area contributed by atoms with Crippen LogP contribution in [-0.2, 0) is 13.2 Å². The quantitative estimate of drug-likeness (QED) is 0.639. The number of nitrogens with two attached hydrogens (primary N) is 1. The highest BCUT2D eigenvalue weighted by molar-refractivity contribution is 5.48. The van der Waals surface area contributed by atoms with Gasteiger partial charge in [0, 0.05) is 19.5 Å². The smallest absolute Gasteiger partial charge is 0.311 e. The second kappa shape index (κ2) is 5.44. The number of hydrogen-bond donors (Lipinski definition) is 1. The van der Waals surface area contributed by atoms with Gasteiger partial charge in [-0.15, -0.1) is 0 Å². The number of rotatable bonds is 5. The Balaban J connectivity index is 2.17. The second-order valence-electron chi connectivity index (χ2n) is 3.78. The minimum absolute atomic E-state index is 0.000150. The molecule has 1 aromatic carbocycles. The molecule has 0 unspecified atom stereocenters. The predicted octanol–water partition coefficient (Wildman–Crippen LogP) is 1.32. The molecular weight excluding hydrogens is 252 g/mol. The van der Waals surface area contributed by atoms with Crippen molar-refractivity contribution in [3.63, 3.8) is 0 Å². The van der Waals surface area contributed by atoms with Crippen LogP contribution in [0.2, 0.25) is 0 Å². The Morgan fingerprint density at radius 1 is 1.53 bits per heavy atom. The molecule has 0 aliphatic carbocycles. The summed E-state index contributed by atoms with van der Waals surface area (Å²) in [5, 5.41) is 14.6. The first-order valence-electron chi connectivity index (χ1n) is 5.49. The molecule has 2 rings (SSSR count). The Hall–Kier alpha value is -2.48. The molecule has 0 saturated heterocycles. The van der Waals surface area contributed by atoms with Gasteiger partial charge in [0.15, 0.2) is 12.4 Å². The van der Waals surface area contributed by atoms with Crippen LogP contribution in [0.1, 0.15) is 17.3 Å². The number of nitrogens with zero attached hydrogens (tertiary/aromatic N) is 3. The van der Waals surface area contributed by atoms with E-state index in [1.165, 1.54) is 12.1 Å². The van der Waals surface area contributed by atoms with Crippen molar-refractivity contribution < 1.29 is 14.2 Å². The lowest BCUT2D eigenvalue weighted by molar-refractivity contribution is -0.386. The van der Waals surface area contributed by atoms with Crippen LogP contribution in [-0.4, -0.2) is 15.1 Å². The molecule has 8 nitrogen and oxygen atoms in total. The Kier molecular flexibility index (Phi) is 3.71. The number of nitro benzene ring substituents is 1. The summed E-state index contributed by atoms with van der Waals surface area (Å²) in [6.45, 7) is 1.88. The molecule has 0 saturated carbocycles. The van der Waals surface area contributed by atoms with Gasteiger partial charge >= 0.3 is 5.69 Å². The van der Waals surface area contributed by atoms with Gasteiger partial charge in [-0.3, -0.25) is 10.1 Å². The molecule has 2 aromatic rings. The summed E-state index contributed by atoms with van der Waals surface area (Å²) in [7, 11) is 0. The molecule has 0 aliphatic heterocycles. The summed E-state index contributed by atoms with van der Waals surface area (Å²) in [6.07, 6.45) is 0. The zero-order valence-electron chi connectivity index (χ0n) is 10.2. The van der Waals surface area contributed by atoms with Crippen LogP contribution < -0.4 is 10.5 Å². The van der Waals surface area contributed by atoms with E-state index in [4.69, 9.17) is 15.0 Å². The van der Waals surface area contributed by atoms with Crippen molar-refractivity contribution in [3.05, 3.63) is 45.6 Å². The highest BCUT2D eigenvalue weighted by Gasteiger charge is 2.16. The number of aryl methyl sites for hydroxylation is 1. The lowest BCUT2D eigenvalue weighted by Crippen LogP contribution is -2.03. The van der Waals surface area contributed by atoms with Gasteiger partial charge in [0.25, 0.3) is 0 Å². The van der Waals surface area contributed by atoms with Gasteiger partial charge in [0.2, 0.25) is 11.7 Å². The molecule has 0 amide bonds. The van der Waals surface area contributed by atoms with E-state index < -0.39 is 4.92 Å². The van der Waals surface area contributed by atoms with E-state index in [1.54, 1.807) is 13.0 Å². The second-order valence-corrected chi connectivity index (χ2v) is 3.78. The van der Waals surface area contributed by atoms with Gasteiger partial charge in [0.1, 0.15) is 0 Å². The van der Waals surface area contributed by atoms with Crippen molar-refractivity contribution in [2.24, 2.45) is 5.73 Å². The van der Waals surface area contributed by atoms with E-state index in [1.807, 2.05) is 0 Å². The number of hydrogen-bond acceptors (Lipinski definition) is 7. The lowest BCUT2D eigenvalue weighted by Gasteiger charge is -2.05. The maximum Gasteiger partial charge on any atom is 0.311 e. The molecule has 0 fully saturated rings. The molecule has 0 radical (unpaired) electrons. The van der Waals surface area contributed by atoms with E-state index in [9.17, 15) is 10.1 Å². The Labute approximate surface area is 108 Å². The largest absolute Gasteiger partial charge is 0.478 e. The van der Waals surface area contributed by atoms with Crippen molar-refractivity contribution in [1.29, 1.82) is 0 Å². The van der Waals surface area contributed by atoms with E-state index in [0.717, 1.165) is 0 Å². The number of ether oxygens (including phenoxy) is 1. The SMILES string of the molecule is Cc1nc(COc2ccc(CN)cc2[N+](=O)[O-])no1. The summed E-state index contributed by atoms with van der Waals surface area (Å²) in [6, 6.07) is 4.56. The molecule has 8 heteroatoms. The number of nitro groups is 1. The summed E-state index contributed by atoms with van der Waals surface area (Å²) >= 11 is 0. The van der Waals surface area contributed by atoms with Crippen molar-refractivity contribution in [2.75, 3.05) is 0 Å². The molecule has 1 aromatic heterocycles. The van der Waals surface area contributed by atoms with Crippen LogP contribution in [0.15, 0.2) is 22.7 Å². The fraction of sp³-hybridized carbons (Fsp3) is 0.273. The van der Waals surface area contributed by atoms with Gasteiger partial charge in [-0.2, -0.15) is 4.98 Å². The molecule has 100 valence electrons.